The van der Waals surface area contributed by atoms with Gasteiger partial charge in [0.15, 0.2) is 0 Å². The lowest BCUT2D eigenvalue weighted by Gasteiger charge is -2.06. The van der Waals surface area contributed by atoms with Crippen LogP contribution in [0.15, 0.2) is 52.4 Å². The summed E-state index contributed by atoms with van der Waals surface area (Å²) in [4.78, 5) is 3.15. The predicted molar refractivity (Wildman–Crippen MR) is 81.5 cm³/mol. The molecule has 3 rings (SSSR count). The van der Waals surface area contributed by atoms with E-state index in [-0.39, 0.29) is 4.90 Å². The van der Waals surface area contributed by atoms with Gasteiger partial charge in [0.25, 0.3) is 0 Å². The van der Waals surface area contributed by atoms with Crippen LogP contribution in [0.3, 0.4) is 0 Å². The maximum atomic E-state index is 14.1. The topological polar surface area (TPSA) is 41.8 Å². The number of nitrogens with one attached hydrogen (secondary N) is 1. The summed E-state index contributed by atoms with van der Waals surface area (Å²) in [5, 5.41) is 1.72. The van der Waals surface area contributed by atoms with Gasteiger partial charge in [-0.1, -0.05) is 30.0 Å². The van der Waals surface area contributed by atoms with Gasteiger partial charge in [0.1, 0.15) is 11.6 Å². The number of hydrogen-bond acceptors (Lipinski definition) is 2. The molecule has 2 nitrogen and oxygen atoms in total. The Morgan fingerprint density at radius 3 is 2.43 bits per heavy atom. The van der Waals surface area contributed by atoms with Crippen molar-refractivity contribution < 1.29 is 8.78 Å². The lowest BCUT2D eigenvalue weighted by molar-refractivity contribution is 0.537. The Morgan fingerprint density at radius 2 is 1.76 bits per heavy atom. The Labute approximate surface area is 125 Å². The fraction of sp³-hybridized carbons (Fsp3) is 0.125. The summed E-state index contributed by atoms with van der Waals surface area (Å²) < 4.78 is 28.1. The van der Waals surface area contributed by atoms with E-state index in [4.69, 9.17) is 5.73 Å². The van der Waals surface area contributed by atoms with E-state index in [1.807, 2.05) is 30.3 Å². The minimum absolute atomic E-state index is 0.00216. The molecule has 2 aromatic carbocycles. The maximum absolute atomic E-state index is 14.1. The number of halogens is 2. The van der Waals surface area contributed by atoms with Gasteiger partial charge < -0.3 is 10.7 Å². The van der Waals surface area contributed by atoms with Crippen molar-refractivity contribution in [2.45, 2.75) is 16.3 Å². The SMILES string of the molecule is NCCc1cc(F)c(Sc2cc3ccccc3[nH]2)c(F)c1. The van der Waals surface area contributed by atoms with E-state index in [0.29, 0.717) is 23.6 Å². The van der Waals surface area contributed by atoms with Gasteiger partial charge in [-0.3, -0.25) is 0 Å². The largest absolute Gasteiger partial charge is 0.349 e. The van der Waals surface area contributed by atoms with Crippen LogP contribution in [-0.4, -0.2) is 11.5 Å². The van der Waals surface area contributed by atoms with Crippen molar-refractivity contribution in [1.29, 1.82) is 0 Å². The van der Waals surface area contributed by atoms with Crippen molar-refractivity contribution in [3.05, 3.63) is 59.7 Å². The minimum Gasteiger partial charge on any atom is -0.349 e. The predicted octanol–water partition coefficient (Wildman–Crippen LogP) is 4.10. The molecule has 1 aromatic heterocycles. The molecule has 0 fully saturated rings. The Balaban J connectivity index is 1.93. The number of fused-ring (bicyclic) bond motifs is 1. The number of nitrogens with two attached hydrogens (primary N) is 1. The average molecular weight is 304 g/mol. The van der Waals surface area contributed by atoms with Gasteiger partial charge in [0.05, 0.1) is 9.92 Å². The molecule has 0 saturated carbocycles. The molecule has 0 aliphatic carbocycles. The van der Waals surface area contributed by atoms with Crippen LogP contribution in [0.25, 0.3) is 10.9 Å². The van der Waals surface area contributed by atoms with Gasteiger partial charge in [-0.2, -0.15) is 0 Å². The van der Waals surface area contributed by atoms with Crippen molar-refractivity contribution in [1.82, 2.24) is 4.98 Å². The van der Waals surface area contributed by atoms with Crippen molar-refractivity contribution in [3.63, 3.8) is 0 Å². The number of benzene rings is 2. The molecule has 0 aliphatic rings. The molecule has 0 unspecified atom stereocenters. The number of aromatic nitrogens is 1. The highest BCUT2D eigenvalue weighted by Crippen LogP contribution is 2.34. The van der Waals surface area contributed by atoms with Gasteiger partial charge >= 0.3 is 0 Å². The lowest BCUT2D eigenvalue weighted by atomic mass is 10.1. The van der Waals surface area contributed by atoms with E-state index in [2.05, 4.69) is 4.98 Å². The molecule has 21 heavy (non-hydrogen) atoms. The minimum atomic E-state index is -0.554. The Hall–Kier alpha value is -1.85. The smallest absolute Gasteiger partial charge is 0.140 e. The first-order chi connectivity index (χ1) is 10.2. The Kier molecular flexibility index (Phi) is 3.94. The van der Waals surface area contributed by atoms with Gasteiger partial charge in [-0.05, 0) is 42.8 Å². The Morgan fingerprint density at radius 1 is 1.05 bits per heavy atom. The van der Waals surface area contributed by atoms with Crippen LogP contribution >= 0.6 is 11.8 Å². The first kappa shape index (κ1) is 14.1. The summed E-state index contributed by atoms with van der Waals surface area (Å²) in [5.74, 6) is -1.11. The highest BCUT2D eigenvalue weighted by atomic mass is 32.2. The van der Waals surface area contributed by atoms with Crippen LogP contribution in [0.5, 0.6) is 0 Å². The van der Waals surface area contributed by atoms with Crippen molar-refractivity contribution in [2.24, 2.45) is 5.73 Å². The standard InChI is InChI=1S/C16H14F2N2S/c17-12-7-10(5-6-19)8-13(18)16(12)21-15-9-11-3-1-2-4-14(11)20-15/h1-4,7-9,20H,5-6,19H2. The van der Waals surface area contributed by atoms with Crippen LogP contribution in [0.1, 0.15) is 5.56 Å². The molecular weight excluding hydrogens is 290 g/mol. The van der Waals surface area contributed by atoms with Crippen LogP contribution in [0.2, 0.25) is 0 Å². The highest BCUT2D eigenvalue weighted by Gasteiger charge is 2.14. The summed E-state index contributed by atoms with van der Waals surface area (Å²) in [7, 11) is 0. The fourth-order valence-corrected chi connectivity index (χ4v) is 3.11. The second-order valence-corrected chi connectivity index (χ2v) is 5.80. The zero-order valence-corrected chi connectivity index (χ0v) is 12.0. The van der Waals surface area contributed by atoms with E-state index in [9.17, 15) is 8.78 Å². The van der Waals surface area contributed by atoms with E-state index in [1.165, 1.54) is 12.1 Å². The van der Waals surface area contributed by atoms with Crippen molar-refractivity contribution >= 4 is 22.7 Å². The van der Waals surface area contributed by atoms with Gasteiger partial charge in [-0.25, -0.2) is 8.78 Å². The van der Waals surface area contributed by atoms with Crippen LogP contribution < -0.4 is 5.73 Å². The fourth-order valence-electron chi connectivity index (χ4n) is 2.23. The summed E-state index contributed by atoms with van der Waals surface area (Å²) >= 11 is 1.06. The summed E-state index contributed by atoms with van der Waals surface area (Å²) in [6, 6.07) is 12.3. The lowest BCUT2D eigenvalue weighted by Crippen LogP contribution is -2.04. The third kappa shape index (κ3) is 2.94. The molecule has 0 radical (unpaired) electrons. The molecule has 0 spiro atoms. The third-order valence-electron chi connectivity index (χ3n) is 3.21. The van der Waals surface area contributed by atoms with E-state index in [0.717, 1.165) is 22.7 Å². The zero-order chi connectivity index (χ0) is 14.8. The summed E-state index contributed by atoms with van der Waals surface area (Å²) in [6.45, 7) is 0.368. The first-order valence-corrected chi connectivity index (χ1v) is 7.42. The zero-order valence-electron chi connectivity index (χ0n) is 11.2. The summed E-state index contributed by atoms with van der Waals surface area (Å²) in [6.07, 6.45) is 0.463. The average Bonchev–Trinajstić information content (AvgIpc) is 2.86. The molecule has 0 bridgehead atoms. The normalized spacial score (nSPS) is 11.2. The number of para-hydroxylation sites is 1. The van der Waals surface area contributed by atoms with Crippen molar-refractivity contribution in [2.75, 3.05) is 6.54 Å². The van der Waals surface area contributed by atoms with Gasteiger partial charge in [0, 0.05) is 10.9 Å². The van der Waals surface area contributed by atoms with Crippen LogP contribution in [0.4, 0.5) is 8.78 Å². The van der Waals surface area contributed by atoms with Crippen molar-refractivity contribution in [3.8, 4) is 0 Å². The molecule has 0 amide bonds. The third-order valence-corrected chi connectivity index (χ3v) is 4.24. The number of rotatable bonds is 4. The molecule has 108 valence electrons. The molecule has 0 saturated heterocycles. The first-order valence-electron chi connectivity index (χ1n) is 6.61. The second-order valence-electron chi connectivity index (χ2n) is 4.75. The van der Waals surface area contributed by atoms with E-state index in [1.54, 1.807) is 0 Å². The molecule has 0 atom stereocenters. The molecule has 3 aromatic rings. The monoisotopic (exact) mass is 304 g/mol. The molecular formula is C16H14F2N2S. The molecule has 1 heterocycles. The maximum Gasteiger partial charge on any atom is 0.140 e. The second kappa shape index (κ2) is 5.87. The molecule has 3 N–H and O–H groups in total. The van der Waals surface area contributed by atoms with Crippen LogP contribution in [0, 0.1) is 11.6 Å². The number of aromatic amines is 1. The van der Waals surface area contributed by atoms with Crippen LogP contribution in [-0.2, 0) is 6.42 Å². The Bertz CT molecular complexity index is 727. The summed E-state index contributed by atoms with van der Waals surface area (Å²) in [5.41, 5.74) is 6.93. The van der Waals surface area contributed by atoms with Gasteiger partial charge in [0.2, 0.25) is 0 Å². The quantitative estimate of drug-likeness (QED) is 0.762. The van der Waals surface area contributed by atoms with E-state index < -0.39 is 11.6 Å². The molecule has 0 aliphatic heterocycles. The van der Waals surface area contributed by atoms with Gasteiger partial charge in [-0.15, -0.1) is 0 Å². The number of H-pyrrole nitrogens is 1. The highest BCUT2D eigenvalue weighted by molar-refractivity contribution is 7.99. The molecule has 5 heteroatoms. The van der Waals surface area contributed by atoms with E-state index >= 15 is 0 Å². The number of hydrogen-bond donors (Lipinski definition) is 2.